The molecule has 0 radical (unpaired) electrons. The third kappa shape index (κ3) is 4.85. The van der Waals surface area contributed by atoms with E-state index in [1.165, 1.54) is 38.9 Å². The van der Waals surface area contributed by atoms with E-state index in [1.807, 2.05) is 12.2 Å². The summed E-state index contributed by atoms with van der Waals surface area (Å²) in [6.45, 7) is 12.7. The van der Waals surface area contributed by atoms with Gasteiger partial charge < -0.3 is 24.8 Å². The molecule has 2 aliphatic carbocycles. The van der Waals surface area contributed by atoms with Crippen molar-refractivity contribution >= 4 is 18.6 Å². The molecule has 3 heteroatoms. The zero-order valence-electron chi connectivity index (χ0n) is 19.7. The van der Waals surface area contributed by atoms with Crippen molar-refractivity contribution in [2.75, 3.05) is 0 Å². The van der Waals surface area contributed by atoms with Crippen LogP contribution in [0.3, 0.4) is 0 Å². The van der Waals surface area contributed by atoms with E-state index >= 15 is 0 Å². The molecule has 0 aromatic heterocycles. The predicted molar refractivity (Wildman–Crippen MR) is 137 cm³/mol. The van der Waals surface area contributed by atoms with E-state index in [2.05, 4.69) is 99.8 Å². The van der Waals surface area contributed by atoms with Gasteiger partial charge in [-0.25, -0.2) is 0 Å². The number of halogens is 2. The average molecular weight is 563 g/mol. The van der Waals surface area contributed by atoms with Crippen molar-refractivity contribution in [3.05, 3.63) is 123 Å². The van der Waals surface area contributed by atoms with Crippen LogP contribution in [-0.2, 0) is 27.7 Å². The van der Waals surface area contributed by atoms with Crippen LogP contribution >= 0.6 is 0 Å². The van der Waals surface area contributed by atoms with E-state index in [0.29, 0.717) is 0 Å². The Bertz CT molecular complexity index is 1350. The summed E-state index contributed by atoms with van der Waals surface area (Å²) in [6.07, 6.45) is 13.1. The minimum Gasteiger partial charge on any atom is -1.00 e. The van der Waals surface area contributed by atoms with E-state index in [-0.39, 0.29) is 24.8 Å². The van der Waals surface area contributed by atoms with Crippen molar-refractivity contribution in [1.82, 2.24) is 0 Å². The fraction of sp³-hybridized carbons (Fsp3) is 0.129. The van der Waals surface area contributed by atoms with E-state index < -0.39 is 21.3 Å². The van der Waals surface area contributed by atoms with Crippen LogP contribution in [-0.4, -0.2) is 3.21 Å². The Labute approximate surface area is 223 Å². The van der Waals surface area contributed by atoms with Crippen LogP contribution in [0.2, 0.25) is 0 Å². The normalized spacial score (nSPS) is 13.1. The van der Waals surface area contributed by atoms with Gasteiger partial charge in [0.25, 0.3) is 0 Å². The smallest absolute Gasteiger partial charge is 1.00 e. The van der Waals surface area contributed by atoms with Gasteiger partial charge in [0.05, 0.1) is 0 Å². The zero-order chi connectivity index (χ0) is 22.2. The van der Waals surface area contributed by atoms with Crippen molar-refractivity contribution in [2.45, 2.75) is 26.7 Å². The molecule has 0 bridgehead atoms. The van der Waals surface area contributed by atoms with Crippen LogP contribution < -0.4 is 28.1 Å². The summed E-state index contributed by atoms with van der Waals surface area (Å²) in [5.74, 6) is 0. The predicted octanol–water partition coefficient (Wildman–Crippen LogP) is 1.19. The number of hydrogen-bond acceptors (Lipinski definition) is 0. The number of allylic oxidation sites excluding steroid dienone is 4. The maximum absolute atomic E-state index is 4.13. The van der Waals surface area contributed by atoms with Crippen LogP contribution in [0.4, 0.5) is 0 Å². The van der Waals surface area contributed by atoms with Gasteiger partial charge in [-0.3, -0.25) is 0 Å². The molecule has 0 nitrogen and oxygen atoms in total. The summed E-state index contributed by atoms with van der Waals surface area (Å²) in [5, 5.41) is 0. The van der Waals surface area contributed by atoms with Gasteiger partial charge in [-0.05, 0) is 0 Å². The maximum Gasteiger partial charge on any atom is -1.00 e. The molecule has 0 spiro atoms. The molecule has 0 aliphatic heterocycles. The molecule has 0 atom stereocenters. The van der Waals surface area contributed by atoms with Crippen LogP contribution in [0.25, 0.3) is 23.3 Å². The standard InChI is InChI=1S/C17H13.C9H10.C5H5.2ClH.Zr/c1-3-12-5-7-14-11-15-8-6-13(4-2)10-17(15)16(14)9-12;1-3-9-6-4-8(2)5-7-9;1-2-4-5-3-1;;;/h3-7,9-10H,1-2,11H2;4-7H,1-2H3;1-3H,4H2;2*1H;/q;;;;;+2/p-2. The van der Waals surface area contributed by atoms with Crippen molar-refractivity contribution < 1.29 is 46.1 Å². The topological polar surface area (TPSA) is 0 Å². The Kier molecular flexibility index (Phi) is 8.69. The summed E-state index contributed by atoms with van der Waals surface area (Å²) in [7, 11) is 0. The Balaban J connectivity index is 0.00000162. The van der Waals surface area contributed by atoms with Gasteiger partial charge in [-0.15, -0.1) is 0 Å². The minimum atomic E-state index is -2.33. The van der Waals surface area contributed by atoms with E-state index in [9.17, 15) is 0 Å². The molecule has 0 amide bonds. The summed E-state index contributed by atoms with van der Waals surface area (Å²) in [5.41, 5.74) is 10.9. The number of hydrogen-bond donors (Lipinski definition) is 0. The van der Waals surface area contributed by atoms with Crippen molar-refractivity contribution in [3.8, 4) is 11.1 Å². The largest absolute Gasteiger partial charge is 1.00 e. The average Bonchev–Trinajstić information content (AvgIpc) is 3.47. The van der Waals surface area contributed by atoms with Crippen LogP contribution in [0.15, 0.2) is 89.3 Å². The second kappa shape index (κ2) is 11.1. The summed E-state index contributed by atoms with van der Waals surface area (Å²) in [4.78, 5) is 0. The molecule has 3 aromatic carbocycles. The fourth-order valence-electron chi connectivity index (χ4n) is 4.98. The first-order valence-corrected chi connectivity index (χ1v) is 15.0. The van der Waals surface area contributed by atoms with Gasteiger partial charge in [0.2, 0.25) is 0 Å². The summed E-state index contributed by atoms with van der Waals surface area (Å²) in [6, 6.07) is 20.7. The minimum absolute atomic E-state index is 0. The molecule has 0 heterocycles. The van der Waals surface area contributed by atoms with Gasteiger partial charge >= 0.3 is 200 Å². The maximum atomic E-state index is 4.13. The number of fused-ring (bicyclic) bond motifs is 3. The number of aryl methyl sites for hydroxylation is 1. The number of rotatable bonds is 5. The van der Waals surface area contributed by atoms with Crippen molar-refractivity contribution in [3.63, 3.8) is 0 Å². The fourth-order valence-corrected chi connectivity index (χ4v) is 12.6. The van der Waals surface area contributed by atoms with Gasteiger partial charge in [0.1, 0.15) is 0 Å². The first-order chi connectivity index (χ1) is 15.6. The van der Waals surface area contributed by atoms with Crippen LogP contribution in [0.5, 0.6) is 0 Å². The van der Waals surface area contributed by atoms with Gasteiger partial charge in [-0.1, -0.05) is 0 Å². The first-order valence-electron chi connectivity index (χ1n) is 11.3. The molecule has 0 fully saturated rings. The third-order valence-corrected chi connectivity index (χ3v) is 14.2. The third-order valence-electron chi connectivity index (χ3n) is 6.76. The van der Waals surface area contributed by atoms with Crippen LogP contribution in [0.1, 0.15) is 46.7 Å². The Morgan fingerprint density at radius 2 is 1.59 bits per heavy atom. The molecule has 5 rings (SSSR count). The molecule has 3 aromatic rings. The Morgan fingerprint density at radius 3 is 2.24 bits per heavy atom. The molecule has 34 heavy (non-hydrogen) atoms. The van der Waals surface area contributed by atoms with Gasteiger partial charge in [-0.2, -0.15) is 0 Å². The molecular formula is C31H28Cl2Zr. The Hall–Kier alpha value is -2.05. The van der Waals surface area contributed by atoms with E-state index in [1.54, 1.807) is 15.3 Å². The van der Waals surface area contributed by atoms with Gasteiger partial charge in [0.15, 0.2) is 0 Å². The van der Waals surface area contributed by atoms with Gasteiger partial charge in [0, 0.05) is 0 Å². The summed E-state index contributed by atoms with van der Waals surface area (Å²) < 4.78 is 4.88. The molecule has 0 saturated heterocycles. The monoisotopic (exact) mass is 560 g/mol. The van der Waals surface area contributed by atoms with Crippen LogP contribution in [0, 0.1) is 6.92 Å². The van der Waals surface area contributed by atoms with Crippen molar-refractivity contribution in [2.24, 2.45) is 0 Å². The second-order valence-electron chi connectivity index (χ2n) is 8.79. The number of benzene rings is 3. The molecule has 2 aliphatic rings. The first kappa shape index (κ1) is 26.6. The molecular weight excluding hydrogens is 534 g/mol. The second-order valence-corrected chi connectivity index (χ2v) is 15.4. The summed E-state index contributed by atoms with van der Waals surface area (Å²) >= 11 is -2.33. The van der Waals surface area contributed by atoms with E-state index in [4.69, 9.17) is 0 Å². The molecule has 0 N–H and O–H groups in total. The van der Waals surface area contributed by atoms with Crippen molar-refractivity contribution in [1.29, 1.82) is 0 Å². The SMILES string of the molecule is C=Cc1ccc2c(c1)-c1cc(C=C)c[c](/[Zr+2]([C]3=CC=CC3)=[C](/C)c3ccc(C)cc3)c1C2.[Cl-].[Cl-]. The zero-order valence-corrected chi connectivity index (χ0v) is 23.6. The molecule has 0 saturated carbocycles. The molecule has 170 valence electrons. The van der Waals surface area contributed by atoms with E-state index in [0.717, 1.165) is 12.8 Å². The molecule has 0 unspecified atom stereocenters. The Morgan fingerprint density at radius 1 is 0.882 bits per heavy atom. The quantitative estimate of drug-likeness (QED) is 0.343.